The smallest absolute Gasteiger partial charge is 0.238 e. The first-order valence-electron chi connectivity index (χ1n) is 13.4. The van der Waals surface area contributed by atoms with Gasteiger partial charge in [-0.3, -0.25) is 14.4 Å². The number of Topliss-reactive ketones (excluding diaryl/α,β-unsaturated/α-hetero) is 2. The average Bonchev–Trinajstić information content (AvgIpc) is 3.49. The standard InChI is InChI=1S/C34H25ClN2O4/c1-41-24-16-12-21(13-17-24)30(38)28-29(31(39)22-10-14-23(35)15-11-22)37-19-18-20-6-2-3-7-25(20)32(37)34(28)26-8-4-5-9-27(26)36-33(34)40/h2-19,28-29,32H,1H3,(H,36,40)/t28-,29+,32-,34+/m0/s1. The van der Waals surface area contributed by atoms with Gasteiger partial charge in [0.25, 0.3) is 0 Å². The number of halogens is 1. The third-order valence-electron chi connectivity index (χ3n) is 8.62. The number of nitrogens with one attached hydrogen (secondary N) is 1. The second-order valence-corrected chi connectivity index (χ2v) is 11.0. The van der Waals surface area contributed by atoms with Gasteiger partial charge < -0.3 is 15.0 Å². The van der Waals surface area contributed by atoms with Crippen molar-refractivity contribution in [3.63, 3.8) is 0 Å². The fourth-order valence-electron chi connectivity index (χ4n) is 6.89. The first-order chi connectivity index (χ1) is 19.9. The van der Waals surface area contributed by atoms with Crippen molar-refractivity contribution < 1.29 is 19.1 Å². The van der Waals surface area contributed by atoms with Crippen LogP contribution in [0.2, 0.25) is 5.02 Å². The fraction of sp³-hybridized carbons (Fsp3) is 0.147. The van der Waals surface area contributed by atoms with Crippen molar-refractivity contribution in [2.24, 2.45) is 5.92 Å². The Hall–Kier alpha value is -4.68. The summed E-state index contributed by atoms with van der Waals surface area (Å²) in [6.45, 7) is 0. The first-order valence-corrected chi connectivity index (χ1v) is 13.8. The molecule has 1 spiro atoms. The lowest BCUT2D eigenvalue weighted by Crippen LogP contribution is -2.49. The number of ketones is 2. The van der Waals surface area contributed by atoms with Crippen molar-refractivity contribution in [1.29, 1.82) is 0 Å². The van der Waals surface area contributed by atoms with Crippen molar-refractivity contribution in [2.45, 2.75) is 17.5 Å². The number of carbonyl (C=O) groups excluding carboxylic acids is 3. The van der Waals surface area contributed by atoms with Gasteiger partial charge in [0.1, 0.15) is 17.2 Å². The summed E-state index contributed by atoms with van der Waals surface area (Å²) in [4.78, 5) is 45.7. The zero-order valence-electron chi connectivity index (χ0n) is 22.1. The number of ether oxygens (including phenoxy) is 1. The molecule has 0 unspecified atom stereocenters. The highest BCUT2D eigenvalue weighted by Gasteiger charge is 2.70. The van der Waals surface area contributed by atoms with Gasteiger partial charge in [0, 0.05) is 28.0 Å². The molecule has 4 aromatic carbocycles. The molecule has 41 heavy (non-hydrogen) atoms. The first kappa shape index (κ1) is 25.3. The quantitative estimate of drug-likeness (QED) is 0.289. The van der Waals surface area contributed by atoms with Crippen molar-refractivity contribution in [3.05, 3.63) is 136 Å². The maximum Gasteiger partial charge on any atom is 0.238 e. The third kappa shape index (κ3) is 3.60. The Kier molecular flexibility index (Phi) is 5.84. The number of hydrogen-bond donors (Lipinski definition) is 1. The van der Waals surface area contributed by atoms with Gasteiger partial charge in [-0.05, 0) is 77.4 Å². The van der Waals surface area contributed by atoms with E-state index in [0.29, 0.717) is 33.1 Å². The predicted molar refractivity (Wildman–Crippen MR) is 157 cm³/mol. The van der Waals surface area contributed by atoms with E-state index in [1.807, 2.05) is 65.7 Å². The Balaban J connectivity index is 1.52. The molecule has 1 fully saturated rings. The molecule has 0 radical (unpaired) electrons. The Morgan fingerprint density at radius 3 is 2.27 bits per heavy atom. The van der Waals surface area contributed by atoms with E-state index < -0.39 is 23.4 Å². The molecule has 1 N–H and O–H groups in total. The number of nitrogens with zero attached hydrogens (tertiary/aromatic N) is 1. The van der Waals surface area contributed by atoms with E-state index in [1.165, 1.54) is 0 Å². The van der Waals surface area contributed by atoms with E-state index >= 15 is 0 Å². The normalized spacial score (nSPS) is 23.5. The van der Waals surface area contributed by atoms with Crippen LogP contribution < -0.4 is 10.1 Å². The molecule has 7 rings (SSSR count). The summed E-state index contributed by atoms with van der Waals surface area (Å²) in [5.74, 6) is -1.26. The molecule has 0 aliphatic carbocycles. The van der Waals surface area contributed by atoms with Gasteiger partial charge in [0.2, 0.25) is 5.91 Å². The Labute approximate surface area is 242 Å². The van der Waals surface area contributed by atoms with E-state index in [4.69, 9.17) is 16.3 Å². The zero-order chi connectivity index (χ0) is 28.3. The Morgan fingerprint density at radius 2 is 1.51 bits per heavy atom. The Morgan fingerprint density at radius 1 is 0.854 bits per heavy atom. The molecule has 202 valence electrons. The molecular formula is C34H25ClN2O4. The lowest BCUT2D eigenvalue weighted by atomic mass is 9.62. The third-order valence-corrected chi connectivity index (χ3v) is 8.88. The number of benzene rings is 4. The predicted octanol–water partition coefficient (Wildman–Crippen LogP) is 6.33. The molecule has 7 heteroatoms. The minimum atomic E-state index is -1.37. The van der Waals surface area contributed by atoms with Gasteiger partial charge in [-0.1, -0.05) is 54.1 Å². The maximum atomic E-state index is 14.8. The number of amides is 1. The van der Waals surface area contributed by atoms with Gasteiger partial charge in [-0.15, -0.1) is 0 Å². The van der Waals surface area contributed by atoms with Crippen LogP contribution in [-0.2, 0) is 10.2 Å². The topological polar surface area (TPSA) is 75.7 Å². The molecule has 6 nitrogen and oxygen atoms in total. The van der Waals surface area contributed by atoms with E-state index in [1.54, 1.807) is 55.6 Å². The highest BCUT2D eigenvalue weighted by atomic mass is 35.5. The molecule has 3 aliphatic heterocycles. The van der Waals surface area contributed by atoms with Gasteiger partial charge in [0.15, 0.2) is 11.6 Å². The minimum absolute atomic E-state index is 0.253. The van der Waals surface area contributed by atoms with Crippen LogP contribution in [0, 0.1) is 5.92 Å². The highest BCUT2D eigenvalue weighted by Crippen LogP contribution is 2.62. The summed E-state index contributed by atoms with van der Waals surface area (Å²) in [6, 6.07) is 27.3. The number of hydrogen-bond acceptors (Lipinski definition) is 5. The second-order valence-electron chi connectivity index (χ2n) is 10.5. The highest BCUT2D eigenvalue weighted by molar-refractivity contribution is 6.30. The minimum Gasteiger partial charge on any atom is -0.497 e. The molecule has 4 atom stereocenters. The molecule has 3 aliphatic rings. The van der Waals surface area contributed by atoms with Crippen LogP contribution in [-0.4, -0.2) is 35.5 Å². The summed E-state index contributed by atoms with van der Waals surface area (Å²) in [6.07, 6.45) is 3.81. The number of methoxy groups -OCH3 is 1. The molecule has 0 saturated carbocycles. The number of anilines is 1. The number of fused-ring (bicyclic) bond motifs is 6. The van der Waals surface area contributed by atoms with Crippen LogP contribution in [0.25, 0.3) is 6.08 Å². The van der Waals surface area contributed by atoms with Crippen LogP contribution in [0.3, 0.4) is 0 Å². The molecule has 1 saturated heterocycles. The van der Waals surface area contributed by atoms with Gasteiger partial charge in [-0.25, -0.2) is 0 Å². The second kappa shape index (κ2) is 9.46. The lowest BCUT2D eigenvalue weighted by Gasteiger charge is -2.38. The van der Waals surface area contributed by atoms with Crippen molar-refractivity contribution in [2.75, 3.05) is 12.4 Å². The van der Waals surface area contributed by atoms with Crippen LogP contribution in [0.4, 0.5) is 5.69 Å². The Bertz CT molecular complexity index is 1750. The summed E-state index contributed by atoms with van der Waals surface area (Å²) in [5.41, 5.74) is 2.64. The largest absolute Gasteiger partial charge is 0.497 e. The SMILES string of the molecule is COc1ccc(C(=O)[C@@H]2[C@H](C(=O)c3ccc(Cl)cc3)N3C=Cc4ccccc4[C@H]3[C@]23C(=O)Nc2ccccc23)cc1. The number of carbonyl (C=O) groups is 3. The lowest BCUT2D eigenvalue weighted by molar-refractivity contribution is -0.122. The molecule has 1 amide bonds. The number of para-hydroxylation sites is 1. The summed E-state index contributed by atoms with van der Waals surface area (Å²) < 4.78 is 5.32. The number of rotatable bonds is 5. The van der Waals surface area contributed by atoms with Gasteiger partial charge in [-0.2, -0.15) is 0 Å². The fourth-order valence-corrected chi connectivity index (χ4v) is 7.01. The molecular weight excluding hydrogens is 536 g/mol. The van der Waals surface area contributed by atoms with E-state index in [9.17, 15) is 14.4 Å². The molecule has 4 aromatic rings. The molecule has 3 heterocycles. The summed E-state index contributed by atoms with van der Waals surface area (Å²) in [5, 5.41) is 3.57. The van der Waals surface area contributed by atoms with Crippen LogP contribution in [0.15, 0.2) is 103 Å². The molecule has 0 bridgehead atoms. The summed E-state index contributed by atoms with van der Waals surface area (Å²) in [7, 11) is 1.56. The van der Waals surface area contributed by atoms with Crippen LogP contribution in [0.5, 0.6) is 5.75 Å². The van der Waals surface area contributed by atoms with Crippen molar-refractivity contribution in [1.82, 2.24) is 4.90 Å². The van der Waals surface area contributed by atoms with E-state index in [-0.39, 0.29) is 17.5 Å². The zero-order valence-corrected chi connectivity index (χ0v) is 22.8. The monoisotopic (exact) mass is 560 g/mol. The summed E-state index contributed by atoms with van der Waals surface area (Å²) >= 11 is 6.15. The molecule has 0 aromatic heterocycles. The van der Waals surface area contributed by atoms with E-state index in [0.717, 1.165) is 11.1 Å². The van der Waals surface area contributed by atoms with Crippen molar-refractivity contribution >= 4 is 40.8 Å². The van der Waals surface area contributed by atoms with Crippen molar-refractivity contribution in [3.8, 4) is 5.75 Å². The van der Waals surface area contributed by atoms with Gasteiger partial charge in [0.05, 0.1) is 19.1 Å². The average molecular weight is 561 g/mol. The van der Waals surface area contributed by atoms with Gasteiger partial charge >= 0.3 is 0 Å². The maximum absolute atomic E-state index is 14.8. The van der Waals surface area contributed by atoms with E-state index in [2.05, 4.69) is 5.32 Å². The van der Waals surface area contributed by atoms with Crippen LogP contribution in [0.1, 0.15) is 43.4 Å². The van der Waals surface area contributed by atoms with Crippen LogP contribution >= 0.6 is 11.6 Å².